The van der Waals surface area contributed by atoms with Crippen molar-refractivity contribution in [1.29, 1.82) is 0 Å². The Balaban J connectivity index is 0.000000151. The van der Waals surface area contributed by atoms with E-state index < -0.39 is 12.2 Å². The molecule has 0 spiro atoms. The van der Waals surface area contributed by atoms with Gasteiger partial charge in [-0.1, -0.05) is 6.07 Å². The number of fused-ring (bicyclic) bond motifs is 3. The summed E-state index contributed by atoms with van der Waals surface area (Å²) in [6.45, 7) is 3.10. The summed E-state index contributed by atoms with van der Waals surface area (Å²) in [5.41, 5.74) is 10.1. The number of nitrogens with zero attached hydrogens (tertiary/aromatic N) is 2. The maximum atomic E-state index is 11.5. The van der Waals surface area contributed by atoms with Gasteiger partial charge in [0.1, 0.15) is 5.82 Å². The maximum absolute atomic E-state index is 11.5. The highest BCUT2D eigenvalue weighted by Crippen LogP contribution is 2.38. The van der Waals surface area contributed by atoms with Crippen LogP contribution in [0, 0.1) is 0 Å². The van der Waals surface area contributed by atoms with Gasteiger partial charge >= 0.3 is 6.61 Å². The second kappa shape index (κ2) is 12.4. The Morgan fingerprint density at radius 1 is 1.24 bits per heavy atom. The molecule has 34 heavy (non-hydrogen) atoms. The van der Waals surface area contributed by atoms with Gasteiger partial charge in [0.15, 0.2) is 5.88 Å². The summed E-state index contributed by atoms with van der Waals surface area (Å²) in [5.74, 6) is 0.381. The number of H-pyrrole nitrogens is 1. The van der Waals surface area contributed by atoms with Gasteiger partial charge in [-0.05, 0) is 49.8 Å². The van der Waals surface area contributed by atoms with E-state index in [4.69, 9.17) is 15.2 Å². The highest BCUT2D eigenvalue weighted by atomic mass is 19.3. The molecule has 1 atom stereocenters. The number of carbonyl (C=O) groups is 1. The summed E-state index contributed by atoms with van der Waals surface area (Å²) >= 11 is 0. The maximum Gasteiger partial charge on any atom is 0.388 e. The Labute approximate surface area is 196 Å². The summed E-state index contributed by atoms with van der Waals surface area (Å²) < 4.78 is 37.9. The Hall–Kier alpha value is -3.05. The van der Waals surface area contributed by atoms with Crippen molar-refractivity contribution in [2.24, 2.45) is 0 Å². The highest BCUT2D eigenvalue weighted by Gasteiger charge is 2.28. The molecule has 0 aliphatic carbocycles. The Morgan fingerprint density at radius 2 is 2.00 bits per heavy atom. The number of piperidine rings is 1. The second-order valence-electron chi connectivity index (χ2n) is 8.03. The molecule has 3 aliphatic rings. The second-order valence-corrected chi connectivity index (χ2v) is 8.03. The number of carbonyl (C=O) groups excluding carboxylic acids is 1. The number of ether oxygens (including phenoxy) is 3. The predicted octanol–water partition coefficient (Wildman–Crippen LogP) is 2.93. The molecule has 2 aromatic heterocycles. The molecule has 2 aromatic rings. The zero-order valence-electron chi connectivity index (χ0n) is 19.1. The molecule has 0 radical (unpaired) electrons. The molecule has 5 rings (SSSR count). The van der Waals surface area contributed by atoms with Crippen molar-refractivity contribution in [3.63, 3.8) is 0 Å². The number of alkyl halides is 2. The van der Waals surface area contributed by atoms with Gasteiger partial charge in [0.05, 0.1) is 31.6 Å². The van der Waals surface area contributed by atoms with E-state index in [9.17, 15) is 18.4 Å². The van der Waals surface area contributed by atoms with Gasteiger partial charge in [-0.2, -0.15) is 8.78 Å². The third kappa shape index (κ3) is 6.97. The van der Waals surface area contributed by atoms with Crippen LogP contribution in [-0.2, 0) is 33.9 Å². The van der Waals surface area contributed by atoms with Crippen molar-refractivity contribution in [1.82, 2.24) is 14.9 Å². The summed E-state index contributed by atoms with van der Waals surface area (Å²) in [5, 5.41) is 0. The SMILES string of the molecule is C[C@H]1OCc2c3c(nc(N)c21)COCC3.O=CN1CCCCC1.O=c1cccc(OC(F)F)[nH]1. The quantitative estimate of drug-likeness (QED) is 0.648. The highest BCUT2D eigenvalue weighted by molar-refractivity contribution is 5.53. The normalized spacial score (nSPS) is 18.6. The van der Waals surface area contributed by atoms with Gasteiger partial charge in [-0.15, -0.1) is 0 Å². The van der Waals surface area contributed by atoms with Gasteiger partial charge in [0.2, 0.25) is 6.41 Å². The molecule has 5 heterocycles. The molecule has 1 fully saturated rings. The van der Waals surface area contributed by atoms with Gasteiger partial charge in [-0.25, -0.2) is 4.98 Å². The number of aromatic amines is 1. The Kier molecular flexibility index (Phi) is 9.34. The fraction of sp³-hybridized carbons (Fsp3) is 0.522. The number of hydrogen-bond donors (Lipinski definition) is 2. The zero-order chi connectivity index (χ0) is 24.5. The molecular formula is C23H30F2N4O5. The Morgan fingerprint density at radius 3 is 2.65 bits per heavy atom. The molecule has 3 N–H and O–H groups in total. The molecule has 1 saturated heterocycles. The van der Waals surface area contributed by atoms with Crippen LogP contribution in [0.4, 0.5) is 14.6 Å². The lowest BCUT2D eigenvalue weighted by molar-refractivity contribution is -0.118. The number of hydrogen-bond acceptors (Lipinski definition) is 7. The van der Waals surface area contributed by atoms with Crippen LogP contribution in [0.15, 0.2) is 23.0 Å². The minimum absolute atomic E-state index is 0.0839. The van der Waals surface area contributed by atoms with E-state index in [1.807, 2.05) is 11.8 Å². The number of pyridine rings is 2. The largest absolute Gasteiger partial charge is 0.419 e. The summed E-state index contributed by atoms with van der Waals surface area (Å²) in [6, 6.07) is 3.78. The van der Waals surface area contributed by atoms with Gasteiger partial charge in [0.25, 0.3) is 5.56 Å². The molecule has 186 valence electrons. The molecular weight excluding hydrogens is 450 g/mol. The van der Waals surface area contributed by atoms with Crippen LogP contribution < -0.4 is 16.0 Å². The summed E-state index contributed by atoms with van der Waals surface area (Å²) in [4.78, 5) is 28.9. The minimum Gasteiger partial charge on any atom is -0.419 e. The lowest BCUT2D eigenvalue weighted by atomic mass is 9.97. The van der Waals surface area contributed by atoms with Crippen molar-refractivity contribution >= 4 is 12.2 Å². The third-order valence-corrected chi connectivity index (χ3v) is 5.69. The van der Waals surface area contributed by atoms with Crippen LogP contribution in [0.2, 0.25) is 0 Å². The van der Waals surface area contributed by atoms with E-state index in [0.29, 0.717) is 19.0 Å². The van der Waals surface area contributed by atoms with Crippen LogP contribution in [0.3, 0.4) is 0 Å². The van der Waals surface area contributed by atoms with E-state index in [1.54, 1.807) is 0 Å². The molecule has 0 unspecified atom stereocenters. The van der Waals surface area contributed by atoms with Gasteiger partial charge in [-0.3, -0.25) is 14.6 Å². The molecule has 3 aliphatic heterocycles. The molecule has 1 amide bonds. The van der Waals surface area contributed by atoms with Crippen LogP contribution in [0.5, 0.6) is 5.88 Å². The summed E-state index contributed by atoms with van der Waals surface area (Å²) in [6.07, 6.45) is 5.64. The monoisotopic (exact) mass is 480 g/mol. The van der Waals surface area contributed by atoms with E-state index in [-0.39, 0.29) is 12.0 Å². The Bertz CT molecular complexity index is 1010. The fourth-order valence-electron chi connectivity index (χ4n) is 4.05. The van der Waals surface area contributed by atoms with Crippen LogP contribution in [-0.4, -0.2) is 47.6 Å². The lowest BCUT2D eigenvalue weighted by Gasteiger charge is -2.21. The number of nitrogen functional groups attached to an aromatic ring is 1. The van der Waals surface area contributed by atoms with Crippen LogP contribution >= 0.6 is 0 Å². The van der Waals surface area contributed by atoms with E-state index >= 15 is 0 Å². The van der Waals surface area contributed by atoms with Crippen molar-refractivity contribution < 1.29 is 27.8 Å². The van der Waals surface area contributed by atoms with E-state index in [1.165, 1.54) is 48.6 Å². The van der Waals surface area contributed by atoms with E-state index in [2.05, 4.69) is 14.7 Å². The van der Waals surface area contributed by atoms with E-state index in [0.717, 1.165) is 43.8 Å². The third-order valence-electron chi connectivity index (χ3n) is 5.69. The first-order chi connectivity index (χ1) is 16.4. The molecule has 0 saturated carbocycles. The number of halogens is 2. The molecule has 11 heteroatoms. The van der Waals surface area contributed by atoms with Crippen LogP contribution in [0.25, 0.3) is 0 Å². The van der Waals surface area contributed by atoms with Crippen molar-refractivity contribution in [2.75, 3.05) is 25.4 Å². The first kappa shape index (κ1) is 25.6. The lowest BCUT2D eigenvalue weighted by Crippen LogP contribution is -2.27. The number of likely N-dealkylation sites (tertiary alicyclic amines) is 1. The zero-order valence-corrected chi connectivity index (χ0v) is 19.1. The van der Waals surface area contributed by atoms with Crippen molar-refractivity contribution in [3.8, 4) is 5.88 Å². The van der Waals surface area contributed by atoms with Crippen molar-refractivity contribution in [2.45, 2.75) is 58.5 Å². The standard InChI is InChI=1S/C11H14N2O2.C6H5F2NO2.C6H11NO/c1-6-10-8(4-15-6)7-2-3-14-5-9(7)13-11(10)12;7-6(8)11-5-3-1-2-4(10)9-5;8-6-7-4-2-1-3-5-7/h6H,2-5H2,1H3,(H2,12,13);1-3,6H,(H,9,10);6H,1-5H2/t6-;;/m1../s1. The first-order valence-corrected chi connectivity index (χ1v) is 11.2. The molecule has 0 bridgehead atoms. The number of anilines is 1. The molecule has 0 aromatic carbocycles. The fourth-order valence-corrected chi connectivity index (χ4v) is 4.05. The predicted molar refractivity (Wildman–Crippen MR) is 120 cm³/mol. The number of aromatic nitrogens is 2. The average molecular weight is 481 g/mol. The number of nitrogens with two attached hydrogens (primary N) is 1. The van der Waals surface area contributed by atoms with Gasteiger partial charge < -0.3 is 24.8 Å². The number of nitrogens with one attached hydrogen (secondary N) is 1. The summed E-state index contributed by atoms with van der Waals surface area (Å²) in [7, 11) is 0. The topological polar surface area (TPSA) is 120 Å². The van der Waals surface area contributed by atoms with Crippen LogP contribution in [0.1, 0.15) is 54.7 Å². The first-order valence-electron chi connectivity index (χ1n) is 11.2. The smallest absolute Gasteiger partial charge is 0.388 e. The molecule has 9 nitrogen and oxygen atoms in total. The van der Waals surface area contributed by atoms with Crippen molar-refractivity contribution in [3.05, 3.63) is 50.9 Å². The van der Waals surface area contributed by atoms with Gasteiger partial charge in [0, 0.05) is 24.7 Å². The minimum atomic E-state index is -2.91. The number of amides is 1. The average Bonchev–Trinajstić information content (AvgIpc) is 3.23. The number of rotatable bonds is 3.